The Morgan fingerprint density at radius 1 is 1.23 bits per heavy atom. The van der Waals surface area contributed by atoms with Crippen molar-refractivity contribution >= 4 is 11.9 Å². The quantitative estimate of drug-likeness (QED) is 0.574. The van der Waals surface area contributed by atoms with E-state index in [0.717, 1.165) is 0 Å². The number of aryl methyl sites for hydroxylation is 1. The van der Waals surface area contributed by atoms with Crippen LogP contribution in [0.2, 0.25) is 0 Å². The van der Waals surface area contributed by atoms with Crippen LogP contribution >= 0.6 is 0 Å². The number of aliphatic hydroxyl groups excluding tert-OH is 1. The van der Waals surface area contributed by atoms with Gasteiger partial charge in [0.05, 0.1) is 6.10 Å². The van der Waals surface area contributed by atoms with Crippen molar-refractivity contribution in [3.8, 4) is 0 Å². The maximum Gasteiger partial charge on any atom is 0.225 e. The van der Waals surface area contributed by atoms with Crippen molar-refractivity contribution in [3.05, 3.63) is 5.82 Å². The Morgan fingerprint density at radius 2 is 1.77 bits per heavy atom. The van der Waals surface area contributed by atoms with Gasteiger partial charge in [-0.3, -0.25) is 0 Å². The zero-order chi connectivity index (χ0) is 9.84. The minimum atomic E-state index is -0.376. The van der Waals surface area contributed by atoms with Crippen LogP contribution in [0.1, 0.15) is 19.2 Å². The lowest BCUT2D eigenvalue weighted by atomic mass is 10.2. The average molecular weight is 183 g/mol. The van der Waals surface area contributed by atoms with Crippen LogP contribution in [0.15, 0.2) is 0 Å². The van der Waals surface area contributed by atoms with Crippen molar-refractivity contribution in [2.75, 3.05) is 11.5 Å². The van der Waals surface area contributed by atoms with Crippen molar-refractivity contribution in [2.24, 2.45) is 0 Å². The molecule has 72 valence electrons. The normalized spacial score (nSPS) is 12.8. The van der Waals surface area contributed by atoms with Crippen molar-refractivity contribution < 1.29 is 5.11 Å². The van der Waals surface area contributed by atoms with Gasteiger partial charge in [0.25, 0.3) is 0 Å². The Bertz CT molecular complexity index is 268. The first-order chi connectivity index (χ1) is 6.08. The Hall–Kier alpha value is -1.43. The molecular formula is C7H13N5O. The van der Waals surface area contributed by atoms with Crippen LogP contribution in [-0.4, -0.2) is 26.2 Å². The number of rotatable bonds is 3. The van der Waals surface area contributed by atoms with Gasteiger partial charge in [-0.25, -0.2) is 0 Å². The molecule has 0 bridgehead atoms. The molecule has 1 unspecified atom stereocenters. The van der Waals surface area contributed by atoms with Gasteiger partial charge in [-0.15, -0.1) is 0 Å². The highest BCUT2D eigenvalue weighted by Gasteiger charge is 2.03. The van der Waals surface area contributed by atoms with Crippen LogP contribution < -0.4 is 11.5 Å². The summed E-state index contributed by atoms with van der Waals surface area (Å²) in [4.78, 5) is 11.4. The lowest BCUT2D eigenvalue weighted by Gasteiger charge is -2.03. The highest BCUT2D eigenvalue weighted by atomic mass is 16.3. The highest BCUT2D eigenvalue weighted by Crippen LogP contribution is 2.03. The van der Waals surface area contributed by atoms with Gasteiger partial charge in [0, 0.05) is 6.42 Å². The Labute approximate surface area is 76.0 Å². The summed E-state index contributed by atoms with van der Waals surface area (Å²) in [6.07, 6.45) is 0.761. The van der Waals surface area contributed by atoms with Crippen molar-refractivity contribution in [3.63, 3.8) is 0 Å². The molecule has 1 atom stereocenters. The maximum atomic E-state index is 9.02. The van der Waals surface area contributed by atoms with Crippen LogP contribution in [0.25, 0.3) is 0 Å². The second kappa shape index (κ2) is 3.99. The monoisotopic (exact) mass is 183 g/mol. The Balaban J connectivity index is 2.66. The summed E-state index contributed by atoms with van der Waals surface area (Å²) in [6, 6.07) is 0. The van der Waals surface area contributed by atoms with Gasteiger partial charge in [-0.1, -0.05) is 0 Å². The van der Waals surface area contributed by atoms with E-state index < -0.39 is 0 Å². The topological polar surface area (TPSA) is 111 Å². The fraction of sp³-hybridized carbons (Fsp3) is 0.571. The van der Waals surface area contributed by atoms with Gasteiger partial charge < -0.3 is 16.6 Å². The molecule has 0 radical (unpaired) electrons. The smallest absolute Gasteiger partial charge is 0.225 e. The Kier molecular flexibility index (Phi) is 2.97. The minimum absolute atomic E-state index is 0.119. The lowest BCUT2D eigenvalue weighted by molar-refractivity contribution is 0.184. The van der Waals surface area contributed by atoms with Crippen LogP contribution in [0.5, 0.6) is 0 Å². The van der Waals surface area contributed by atoms with Gasteiger partial charge in [-0.05, 0) is 13.3 Å². The molecule has 1 aromatic heterocycles. The molecule has 5 N–H and O–H groups in total. The number of hydrogen-bond acceptors (Lipinski definition) is 6. The summed E-state index contributed by atoms with van der Waals surface area (Å²) in [5.41, 5.74) is 10.7. The standard InChI is InChI=1S/C7H13N5O/c1-4(13)2-3-5-10-6(8)12-7(9)11-5/h4,13H,2-3H2,1H3,(H4,8,9,10,11,12). The molecule has 1 aromatic rings. The largest absolute Gasteiger partial charge is 0.393 e. The summed E-state index contributed by atoms with van der Waals surface area (Å²) < 4.78 is 0. The van der Waals surface area contributed by atoms with E-state index in [0.29, 0.717) is 18.7 Å². The van der Waals surface area contributed by atoms with Crippen molar-refractivity contribution in [2.45, 2.75) is 25.9 Å². The lowest BCUT2D eigenvalue weighted by Crippen LogP contribution is -2.09. The van der Waals surface area contributed by atoms with Crippen LogP contribution in [0, 0.1) is 0 Å². The summed E-state index contributed by atoms with van der Waals surface area (Å²) in [5, 5.41) is 9.02. The molecule has 0 aliphatic rings. The first-order valence-electron chi connectivity index (χ1n) is 4.02. The van der Waals surface area contributed by atoms with E-state index in [-0.39, 0.29) is 18.0 Å². The van der Waals surface area contributed by atoms with Crippen LogP contribution in [-0.2, 0) is 6.42 Å². The van der Waals surface area contributed by atoms with E-state index in [1.807, 2.05) is 0 Å². The number of nitrogens with zero attached hydrogens (tertiary/aromatic N) is 3. The van der Waals surface area contributed by atoms with E-state index in [9.17, 15) is 0 Å². The molecule has 1 rings (SSSR count). The first-order valence-corrected chi connectivity index (χ1v) is 4.02. The van der Waals surface area contributed by atoms with Gasteiger partial charge in [0.1, 0.15) is 5.82 Å². The SMILES string of the molecule is CC(O)CCc1nc(N)nc(N)n1. The third kappa shape index (κ3) is 3.20. The molecule has 13 heavy (non-hydrogen) atoms. The number of nitrogens with two attached hydrogens (primary N) is 2. The third-order valence-electron chi connectivity index (χ3n) is 1.50. The molecule has 0 saturated carbocycles. The summed E-state index contributed by atoms with van der Waals surface area (Å²) in [5.74, 6) is 0.757. The van der Waals surface area contributed by atoms with Crippen molar-refractivity contribution in [1.29, 1.82) is 0 Å². The molecule has 1 heterocycles. The molecule has 0 aromatic carbocycles. The van der Waals surface area contributed by atoms with Gasteiger partial charge in [-0.2, -0.15) is 15.0 Å². The molecular weight excluding hydrogens is 170 g/mol. The van der Waals surface area contributed by atoms with Crippen LogP contribution in [0.4, 0.5) is 11.9 Å². The first kappa shape index (κ1) is 9.66. The van der Waals surface area contributed by atoms with E-state index in [4.69, 9.17) is 16.6 Å². The number of aliphatic hydroxyl groups is 1. The molecule has 0 amide bonds. The number of hydrogen-bond donors (Lipinski definition) is 3. The van der Waals surface area contributed by atoms with Crippen LogP contribution in [0.3, 0.4) is 0 Å². The predicted octanol–water partition coefficient (Wildman–Crippen LogP) is -0.651. The number of anilines is 2. The summed E-state index contributed by atoms with van der Waals surface area (Å²) in [6.45, 7) is 1.70. The molecule has 0 fully saturated rings. The maximum absolute atomic E-state index is 9.02. The van der Waals surface area contributed by atoms with E-state index >= 15 is 0 Å². The number of aromatic nitrogens is 3. The molecule has 0 aliphatic heterocycles. The summed E-state index contributed by atoms with van der Waals surface area (Å²) >= 11 is 0. The predicted molar refractivity (Wildman–Crippen MR) is 48.7 cm³/mol. The zero-order valence-corrected chi connectivity index (χ0v) is 7.44. The molecule has 0 spiro atoms. The second-order valence-electron chi connectivity index (χ2n) is 2.86. The molecule has 0 aliphatic carbocycles. The van der Waals surface area contributed by atoms with E-state index in [1.54, 1.807) is 6.92 Å². The third-order valence-corrected chi connectivity index (χ3v) is 1.50. The molecule has 6 heteroatoms. The summed E-state index contributed by atoms with van der Waals surface area (Å²) in [7, 11) is 0. The fourth-order valence-corrected chi connectivity index (χ4v) is 0.907. The number of nitrogen functional groups attached to an aromatic ring is 2. The van der Waals surface area contributed by atoms with Crippen molar-refractivity contribution in [1.82, 2.24) is 15.0 Å². The zero-order valence-electron chi connectivity index (χ0n) is 7.44. The van der Waals surface area contributed by atoms with Gasteiger partial charge in [0.15, 0.2) is 0 Å². The van der Waals surface area contributed by atoms with Gasteiger partial charge >= 0.3 is 0 Å². The second-order valence-corrected chi connectivity index (χ2v) is 2.86. The Morgan fingerprint density at radius 3 is 2.23 bits per heavy atom. The minimum Gasteiger partial charge on any atom is -0.393 e. The fourth-order valence-electron chi connectivity index (χ4n) is 0.907. The average Bonchev–Trinajstić information content (AvgIpc) is 1.99. The highest BCUT2D eigenvalue weighted by molar-refractivity contribution is 5.25. The van der Waals surface area contributed by atoms with E-state index in [2.05, 4.69) is 15.0 Å². The van der Waals surface area contributed by atoms with Gasteiger partial charge in [0.2, 0.25) is 11.9 Å². The van der Waals surface area contributed by atoms with E-state index in [1.165, 1.54) is 0 Å². The molecule has 6 nitrogen and oxygen atoms in total. The molecule has 0 saturated heterocycles.